The maximum Gasteiger partial charge on any atom is 0.220 e. The van der Waals surface area contributed by atoms with E-state index < -0.39 is 22.8 Å². The molecule has 0 fully saturated rings. The van der Waals surface area contributed by atoms with Crippen molar-refractivity contribution in [3.63, 3.8) is 0 Å². The summed E-state index contributed by atoms with van der Waals surface area (Å²) < 4.78 is 26.5. The van der Waals surface area contributed by atoms with Crippen molar-refractivity contribution in [2.24, 2.45) is 4.99 Å². The first kappa shape index (κ1) is 13.8. The van der Waals surface area contributed by atoms with Gasteiger partial charge in [-0.05, 0) is 31.3 Å². The molecule has 0 saturated carbocycles. The Morgan fingerprint density at radius 2 is 2.11 bits per heavy atom. The number of nitrogens with zero attached hydrogens (tertiary/aromatic N) is 1. The summed E-state index contributed by atoms with van der Waals surface area (Å²) in [4.78, 5) is 14.8. The molecule has 1 aromatic carbocycles. The van der Waals surface area contributed by atoms with Crippen molar-refractivity contribution >= 4 is 12.3 Å². The smallest absolute Gasteiger partial charge is 0.220 e. The Bertz CT molecular complexity index is 588. The average molecular weight is 251 g/mol. The van der Waals surface area contributed by atoms with E-state index in [9.17, 15) is 18.7 Å². The predicted molar refractivity (Wildman–Crippen MR) is 66.8 cm³/mol. The molecule has 18 heavy (non-hydrogen) atoms. The van der Waals surface area contributed by atoms with Crippen molar-refractivity contribution in [2.45, 2.75) is 6.92 Å². The molecular weight excluding hydrogens is 240 g/mol. The van der Waals surface area contributed by atoms with Crippen molar-refractivity contribution in [3.8, 4) is 5.75 Å². The molecule has 94 valence electrons. The van der Waals surface area contributed by atoms with Crippen molar-refractivity contribution in [3.05, 3.63) is 57.9 Å². The van der Waals surface area contributed by atoms with E-state index in [1.807, 2.05) is 0 Å². The van der Waals surface area contributed by atoms with Gasteiger partial charge in [-0.15, -0.1) is 0 Å². The highest BCUT2D eigenvalue weighted by molar-refractivity contribution is 5.77. The fraction of sp³-hybridized carbons (Fsp3) is 0.0769. The minimum atomic E-state index is -1.13. The highest BCUT2D eigenvalue weighted by Gasteiger charge is 2.11. The van der Waals surface area contributed by atoms with Crippen LogP contribution in [0.3, 0.4) is 0 Å². The number of rotatable bonds is 3. The number of aromatic hydroxyl groups is 1. The summed E-state index contributed by atoms with van der Waals surface area (Å²) in [5.41, 5.74) is -0.811. The van der Waals surface area contributed by atoms with E-state index in [1.54, 1.807) is 0 Å². The molecule has 0 spiro atoms. The molecule has 1 N–H and O–H groups in total. The maximum absolute atomic E-state index is 13.6. The van der Waals surface area contributed by atoms with Crippen LogP contribution in [-0.4, -0.2) is 11.8 Å². The van der Waals surface area contributed by atoms with E-state index in [0.29, 0.717) is 0 Å². The van der Waals surface area contributed by atoms with Crippen molar-refractivity contribution in [1.82, 2.24) is 0 Å². The van der Waals surface area contributed by atoms with Gasteiger partial charge in [-0.25, -0.2) is 8.78 Å². The predicted octanol–water partition coefficient (Wildman–Crippen LogP) is 2.96. The average Bonchev–Trinajstić information content (AvgIpc) is 2.48. The zero-order valence-corrected chi connectivity index (χ0v) is 9.65. The van der Waals surface area contributed by atoms with Crippen LogP contribution in [0.25, 0.3) is 5.57 Å². The van der Waals surface area contributed by atoms with Crippen LogP contribution in [0.15, 0.2) is 51.9 Å². The Hall–Kier alpha value is -2.30. The van der Waals surface area contributed by atoms with Gasteiger partial charge in [0.1, 0.15) is 5.83 Å². The fourth-order valence-corrected chi connectivity index (χ4v) is 1.29. The molecular formula is C13H11F2NO2. The maximum atomic E-state index is 13.6. The SMILES string of the molecule is C=N/C=C(\C(F)=C(/C)F)c1cccc(O)c(=O)c1. The van der Waals surface area contributed by atoms with Gasteiger partial charge in [-0.2, -0.15) is 0 Å². The number of hydrogen-bond acceptors (Lipinski definition) is 3. The largest absolute Gasteiger partial charge is 0.504 e. The Kier molecular flexibility index (Phi) is 4.48. The van der Waals surface area contributed by atoms with Gasteiger partial charge in [-0.1, -0.05) is 12.1 Å². The van der Waals surface area contributed by atoms with E-state index in [0.717, 1.165) is 25.3 Å². The van der Waals surface area contributed by atoms with Crippen LogP contribution in [0.4, 0.5) is 8.78 Å². The summed E-state index contributed by atoms with van der Waals surface area (Å²) in [7, 11) is 0. The second kappa shape index (κ2) is 5.86. The first-order valence-corrected chi connectivity index (χ1v) is 4.99. The van der Waals surface area contributed by atoms with E-state index in [-0.39, 0.29) is 11.1 Å². The van der Waals surface area contributed by atoms with Gasteiger partial charge in [0.05, 0.1) is 0 Å². The summed E-state index contributed by atoms with van der Waals surface area (Å²) in [5, 5.41) is 9.22. The van der Waals surface area contributed by atoms with Gasteiger partial charge < -0.3 is 5.11 Å². The standard InChI is InChI=1S/C13H11F2NO2/c1-8(14)13(15)10(7-16-2)9-4-3-5-11(17)12(18)6-9/h3-7H,2H2,1H3,(H,17,18)/b10-7-,13-8-. The van der Waals surface area contributed by atoms with Crippen LogP contribution in [-0.2, 0) is 0 Å². The summed E-state index contributed by atoms with van der Waals surface area (Å²) in [5.74, 6) is -2.64. The second-order valence-corrected chi connectivity index (χ2v) is 3.45. The summed E-state index contributed by atoms with van der Waals surface area (Å²) >= 11 is 0. The first-order valence-electron chi connectivity index (χ1n) is 4.99. The van der Waals surface area contributed by atoms with Gasteiger partial charge in [0.25, 0.3) is 0 Å². The Labute approximate surface area is 102 Å². The van der Waals surface area contributed by atoms with Gasteiger partial charge in [0.15, 0.2) is 11.6 Å². The molecule has 0 atom stereocenters. The minimum absolute atomic E-state index is 0.0993. The lowest BCUT2D eigenvalue weighted by Gasteiger charge is -2.02. The molecule has 0 saturated heterocycles. The molecule has 5 heteroatoms. The lowest BCUT2D eigenvalue weighted by molar-refractivity contribution is 0.471. The quantitative estimate of drug-likeness (QED) is 0.663. The molecule has 0 amide bonds. The monoisotopic (exact) mass is 251 g/mol. The minimum Gasteiger partial charge on any atom is -0.504 e. The van der Waals surface area contributed by atoms with Crippen LogP contribution >= 0.6 is 0 Å². The lowest BCUT2D eigenvalue weighted by atomic mass is 10.1. The topological polar surface area (TPSA) is 49.7 Å². The summed E-state index contributed by atoms with van der Waals surface area (Å²) in [6.07, 6.45) is 1.00. The third-order valence-corrected chi connectivity index (χ3v) is 2.14. The number of allylic oxidation sites excluding steroid dienone is 3. The molecule has 1 aromatic rings. The normalized spacial score (nSPS) is 12.9. The highest BCUT2D eigenvalue weighted by atomic mass is 19.2. The molecule has 0 aliphatic carbocycles. The van der Waals surface area contributed by atoms with Gasteiger partial charge in [0.2, 0.25) is 5.43 Å². The molecule has 0 aliphatic rings. The van der Waals surface area contributed by atoms with Gasteiger partial charge in [0, 0.05) is 11.8 Å². The molecule has 0 radical (unpaired) electrons. The van der Waals surface area contributed by atoms with E-state index in [4.69, 9.17) is 0 Å². The summed E-state index contributed by atoms with van der Waals surface area (Å²) in [6, 6.07) is 4.87. The molecule has 0 aliphatic heterocycles. The van der Waals surface area contributed by atoms with Crippen molar-refractivity contribution in [1.29, 1.82) is 0 Å². The van der Waals surface area contributed by atoms with Gasteiger partial charge in [-0.3, -0.25) is 9.79 Å². The third kappa shape index (κ3) is 3.10. The molecule has 0 bridgehead atoms. The summed E-state index contributed by atoms with van der Waals surface area (Å²) in [6.45, 7) is 4.11. The second-order valence-electron chi connectivity index (χ2n) is 3.45. The highest BCUT2D eigenvalue weighted by Crippen LogP contribution is 2.26. The molecule has 3 nitrogen and oxygen atoms in total. The first-order chi connectivity index (χ1) is 8.47. The van der Waals surface area contributed by atoms with Crippen molar-refractivity contribution in [2.75, 3.05) is 0 Å². The Balaban J connectivity index is 3.52. The fourth-order valence-electron chi connectivity index (χ4n) is 1.29. The Morgan fingerprint density at radius 3 is 2.67 bits per heavy atom. The van der Waals surface area contributed by atoms with E-state index in [2.05, 4.69) is 11.7 Å². The number of aliphatic imine (C=N–C) groups is 1. The number of hydrogen-bond donors (Lipinski definition) is 1. The number of halogens is 2. The van der Waals surface area contributed by atoms with E-state index >= 15 is 0 Å². The van der Waals surface area contributed by atoms with Crippen LogP contribution in [0.2, 0.25) is 0 Å². The zero-order valence-electron chi connectivity index (χ0n) is 9.65. The van der Waals surface area contributed by atoms with Crippen LogP contribution < -0.4 is 5.43 Å². The Morgan fingerprint density at radius 1 is 1.44 bits per heavy atom. The molecule has 1 rings (SSSR count). The molecule has 0 heterocycles. The third-order valence-electron chi connectivity index (χ3n) is 2.14. The van der Waals surface area contributed by atoms with Crippen LogP contribution in [0.5, 0.6) is 5.75 Å². The van der Waals surface area contributed by atoms with Crippen molar-refractivity contribution < 1.29 is 13.9 Å². The van der Waals surface area contributed by atoms with Crippen LogP contribution in [0.1, 0.15) is 12.5 Å². The van der Waals surface area contributed by atoms with Gasteiger partial charge >= 0.3 is 0 Å². The van der Waals surface area contributed by atoms with E-state index in [1.165, 1.54) is 12.1 Å². The lowest BCUT2D eigenvalue weighted by Crippen LogP contribution is -1.96. The molecule has 0 unspecified atom stereocenters. The van der Waals surface area contributed by atoms with Crippen LogP contribution in [0, 0.1) is 0 Å². The zero-order chi connectivity index (χ0) is 13.7. The molecule has 0 aromatic heterocycles.